The van der Waals surface area contributed by atoms with E-state index in [1.165, 1.54) is 13.8 Å². The molecule has 0 spiro atoms. The van der Waals surface area contributed by atoms with E-state index in [1.54, 1.807) is 0 Å². The van der Waals surface area contributed by atoms with Crippen molar-refractivity contribution in [2.24, 2.45) is 0 Å². The van der Waals surface area contributed by atoms with Crippen molar-refractivity contribution in [1.29, 1.82) is 0 Å². The minimum Gasteiger partial charge on any atom is -1.00 e. The molecule has 0 radical (unpaired) electrons. The number of allylic oxidation sites excluding steroid dienone is 2. The van der Waals surface area contributed by atoms with Gasteiger partial charge in [-0.2, -0.15) is 0 Å². The molecule has 0 aromatic carbocycles. The molecule has 16 nitrogen and oxygen atoms in total. The first-order valence-corrected chi connectivity index (χ1v) is 30.6. The van der Waals surface area contributed by atoms with Crippen LogP contribution in [0.3, 0.4) is 0 Å². The lowest BCUT2D eigenvalue weighted by atomic mass is 10.0. The number of carbonyl (C=O) groups excluding carboxylic acids is 6. The molecule has 470 valence electrons. The number of quaternary nitrogens is 2. The molecule has 0 aliphatic heterocycles. The Morgan fingerprint density at radius 3 is 1.06 bits per heavy atom. The van der Waals surface area contributed by atoms with Crippen LogP contribution in [0.4, 0.5) is 0 Å². The molecule has 0 aromatic heterocycles. The summed E-state index contributed by atoms with van der Waals surface area (Å²) >= 11 is 0. The van der Waals surface area contributed by atoms with E-state index in [-0.39, 0.29) is 86.9 Å². The number of aliphatic hydroxyl groups is 2. The van der Waals surface area contributed by atoms with E-state index < -0.39 is 24.4 Å². The third kappa shape index (κ3) is 52.8. The second-order valence-electron chi connectivity index (χ2n) is 22.8. The highest BCUT2D eigenvalue weighted by Crippen LogP contribution is 2.19. The molecule has 4 unspecified atom stereocenters. The predicted octanol–water partition coefficient (Wildman–Crippen LogP) is 5.54. The van der Waals surface area contributed by atoms with Gasteiger partial charge in [-0.25, -0.2) is 9.59 Å². The maximum Gasteiger partial charge on any atom is 0.362 e. The number of ether oxygens (including phenoxy) is 6. The van der Waals surface area contributed by atoms with Crippen molar-refractivity contribution in [3.63, 3.8) is 0 Å². The van der Waals surface area contributed by atoms with Gasteiger partial charge < -0.3 is 72.4 Å². The fraction of sp³-hybridized carbons (Fsp3) is 0.839. The quantitative estimate of drug-likeness (QED) is 0.0253. The van der Waals surface area contributed by atoms with Crippen LogP contribution >= 0.6 is 0 Å². The zero-order valence-corrected chi connectivity index (χ0v) is 52.9. The van der Waals surface area contributed by atoms with Crippen LogP contribution < -0.4 is 24.8 Å². The summed E-state index contributed by atoms with van der Waals surface area (Å²) in [6.45, 7) is 9.62. The zero-order chi connectivity index (χ0) is 58.1. The second-order valence-corrected chi connectivity index (χ2v) is 22.8. The molecular formula is C62H114Cl2N2O14. The van der Waals surface area contributed by atoms with E-state index in [0.29, 0.717) is 73.8 Å². The number of aliphatic hydroxyl groups excluding tert-OH is 2. The molecular weight excluding hydrogens is 1070 g/mol. The molecule has 18 heteroatoms. The van der Waals surface area contributed by atoms with E-state index in [9.17, 15) is 39.0 Å². The molecule has 0 heterocycles. The standard InChI is InChI=1S/C62H114N2O14.2ClH/c1-9-11-31-41-57(77-61(71)51-63(5,6)45-49-73-53(3)65)55(67)39-33-25-19-13-15-21-27-35-43-59(69)75-47-37-29-23-17-18-24-30-38-48-76-60(70)44-36-28-22-16-14-20-26-34-40-56(68)58(42-32-12-10-2)78-62(72)52-64(7,8)46-50-74-54(4)66;;/h25-26,33-34,55-58,67-68H,9-24,27-32,35-52H2,1-8H3;2*1H/q+2;;/p-2/b33-25+,34-26+;;. The maximum absolute atomic E-state index is 12.8. The Bertz CT molecular complexity index is 1510. The third-order valence-electron chi connectivity index (χ3n) is 13.9. The lowest BCUT2D eigenvalue weighted by molar-refractivity contribution is -0.883. The lowest BCUT2D eigenvalue weighted by Gasteiger charge is -2.30. The molecule has 80 heavy (non-hydrogen) atoms. The van der Waals surface area contributed by atoms with Crippen LogP contribution in [0.15, 0.2) is 24.3 Å². The lowest BCUT2D eigenvalue weighted by Crippen LogP contribution is -3.00. The van der Waals surface area contributed by atoms with Gasteiger partial charge in [0.25, 0.3) is 0 Å². The highest BCUT2D eigenvalue weighted by molar-refractivity contribution is 5.71. The molecule has 0 aliphatic carbocycles. The van der Waals surface area contributed by atoms with E-state index in [1.807, 2.05) is 40.3 Å². The van der Waals surface area contributed by atoms with Gasteiger partial charge in [0.05, 0.1) is 53.6 Å². The Hall–Kier alpha value is -3.28. The van der Waals surface area contributed by atoms with Crippen molar-refractivity contribution in [2.75, 3.05) is 80.8 Å². The normalized spacial score (nSPS) is 13.2. The molecule has 0 amide bonds. The average Bonchev–Trinajstić information content (AvgIpc) is 3.36. The van der Waals surface area contributed by atoms with Gasteiger partial charge in [0, 0.05) is 26.7 Å². The number of hydrogen-bond donors (Lipinski definition) is 2. The smallest absolute Gasteiger partial charge is 0.362 e. The summed E-state index contributed by atoms with van der Waals surface area (Å²) in [5, 5.41) is 21.8. The Kier molecular flexibility index (Phi) is 54.3. The maximum atomic E-state index is 12.8. The molecule has 4 atom stereocenters. The number of likely N-dealkylation sites (N-methyl/N-ethyl adjacent to an activating group) is 2. The number of nitrogens with zero attached hydrogens (tertiary/aromatic N) is 2. The number of unbranched alkanes of at least 4 members (excludes halogenated alkanes) is 21. The number of hydrogen-bond acceptors (Lipinski definition) is 14. The van der Waals surface area contributed by atoms with Crippen LogP contribution in [0.5, 0.6) is 0 Å². The van der Waals surface area contributed by atoms with Gasteiger partial charge in [-0.15, -0.1) is 0 Å². The minimum absolute atomic E-state index is 0. The van der Waals surface area contributed by atoms with Gasteiger partial charge in [-0.1, -0.05) is 141 Å². The molecule has 0 rings (SSSR count). The average molecular weight is 1180 g/mol. The number of rotatable bonds is 53. The first kappa shape index (κ1) is 80.9. The molecule has 0 bridgehead atoms. The molecule has 0 saturated heterocycles. The second kappa shape index (κ2) is 53.7. The van der Waals surface area contributed by atoms with Crippen LogP contribution in [0.1, 0.15) is 233 Å². The number of carbonyl (C=O) groups is 6. The Morgan fingerprint density at radius 1 is 0.400 bits per heavy atom. The SMILES string of the molecule is CCCCCC(OC(=O)C[N+](C)(C)CCOC(C)=O)C(O)C/C=C/CCCCCCCC(=O)OCCCCCCCCCCOC(=O)CCCCCCC/C=C/CC(O)C(CCCCC)OC(=O)C[N+](C)(C)CCOC(C)=O.[Cl-].[Cl-]. The van der Waals surface area contributed by atoms with Crippen molar-refractivity contribution in [1.82, 2.24) is 0 Å². The van der Waals surface area contributed by atoms with Gasteiger partial charge in [-0.3, -0.25) is 19.2 Å². The topological polar surface area (TPSA) is 198 Å². The summed E-state index contributed by atoms with van der Waals surface area (Å²) in [5.41, 5.74) is 0. The molecule has 0 aromatic rings. The Balaban J connectivity index is -0.0000296. The van der Waals surface area contributed by atoms with Gasteiger partial charge >= 0.3 is 35.8 Å². The predicted molar refractivity (Wildman–Crippen MR) is 308 cm³/mol. The minimum atomic E-state index is -0.766. The third-order valence-corrected chi connectivity index (χ3v) is 13.9. The molecule has 0 saturated carbocycles. The van der Waals surface area contributed by atoms with Gasteiger partial charge in [0.2, 0.25) is 0 Å². The van der Waals surface area contributed by atoms with Crippen LogP contribution in [0.2, 0.25) is 0 Å². The van der Waals surface area contributed by atoms with E-state index >= 15 is 0 Å². The summed E-state index contributed by atoms with van der Waals surface area (Å²) in [6.07, 6.45) is 34.7. The van der Waals surface area contributed by atoms with Gasteiger partial charge in [0.15, 0.2) is 13.1 Å². The first-order valence-electron chi connectivity index (χ1n) is 30.6. The zero-order valence-electron chi connectivity index (χ0n) is 51.3. The van der Waals surface area contributed by atoms with Crippen LogP contribution in [-0.4, -0.2) is 160 Å². The van der Waals surface area contributed by atoms with Crippen molar-refractivity contribution in [3.8, 4) is 0 Å². The van der Waals surface area contributed by atoms with E-state index in [2.05, 4.69) is 26.0 Å². The van der Waals surface area contributed by atoms with Crippen molar-refractivity contribution in [3.05, 3.63) is 24.3 Å². The summed E-state index contributed by atoms with van der Waals surface area (Å²) in [4.78, 5) is 72.2. The highest BCUT2D eigenvalue weighted by Gasteiger charge is 2.29. The largest absolute Gasteiger partial charge is 1.00 e. The summed E-state index contributed by atoms with van der Waals surface area (Å²) < 4.78 is 33.2. The summed E-state index contributed by atoms with van der Waals surface area (Å²) in [5.74, 6) is -1.64. The highest BCUT2D eigenvalue weighted by atomic mass is 35.5. The number of esters is 6. The Morgan fingerprint density at radius 2 is 0.725 bits per heavy atom. The molecule has 0 fully saturated rings. The fourth-order valence-corrected chi connectivity index (χ4v) is 8.91. The van der Waals surface area contributed by atoms with Crippen LogP contribution in [0.25, 0.3) is 0 Å². The first-order chi connectivity index (χ1) is 37.3. The van der Waals surface area contributed by atoms with Crippen molar-refractivity contribution >= 4 is 35.8 Å². The summed E-state index contributed by atoms with van der Waals surface area (Å²) in [7, 11) is 7.54. The van der Waals surface area contributed by atoms with Crippen LogP contribution in [0, 0.1) is 0 Å². The van der Waals surface area contributed by atoms with Crippen LogP contribution in [-0.2, 0) is 57.2 Å². The number of halogens is 2. The molecule has 0 aliphatic rings. The van der Waals surface area contributed by atoms with E-state index in [4.69, 9.17) is 28.4 Å². The van der Waals surface area contributed by atoms with Gasteiger partial charge in [0.1, 0.15) is 38.5 Å². The van der Waals surface area contributed by atoms with Crippen molar-refractivity contribution < 1.29 is 101 Å². The fourth-order valence-electron chi connectivity index (χ4n) is 8.91. The van der Waals surface area contributed by atoms with Crippen molar-refractivity contribution in [2.45, 2.75) is 258 Å². The summed E-state index contributed by atoms with van der Waals surface area (Å²) in [6, 6.07) is 0. The van der Waals surface area contributed by atoms with Gasteiger partial charge in [-0.05, 0) is 89.9 Å². The monoisotopic (exact) mass is 1180 g/mol. The van der Waals surface area contributed by atoms with E-state index in [0.717, 1.165) is 167 Å². The Labute approximate surface area is 497 Å². The molecule has 2 N–H and O–H groups in total.